The van der Waals surface area contributed by atoms with Gasteiger partial charge in [0.1, 0.15) is 5.82 Å². The van der Waals surface area contributed by atoms with Gasteiger partial charge in [0.2, 0.25) is 0 Å². The number of rotatable bonds is 5. The Morgan fingerprint density at radius 1 is 0.704 bits per heavy atom. The van der Waals surface area contributed by atoms with E-state index >= 15 is 0 Å². The van der Waals surface area contributed by atoms with E-state index < -0.39 is 0 Å². The Labute approximate surface area is 157 Å². The first-order valence-electron chi connectivity index (χ1n) is 8.63. The Morgan fingerprint density at radius 2 is 1.22 bits per heavy atom. The maximum atomic E-state index is 13.0. The Bertz CT molecular complexity index is 1030. The molecule has 4 aromatic rings. The first kappa shape index (κ1) is 16.6. The van der Waals surface area contributed by atoms with Gasteiger partial charge in [0.15, 0.2) is 5.82 Å². The molecule has 5 heteroatoms. The van der Waals surface area contributed by atoms with Crippen molar-refractivity contribution in [2.75, 3.05) is 10.6 Å². The zero-order valence-electron chi connectivity index (χ0n) is 14.5. The van der Waals surface area contributed by atoms with Crippen LogP contribution in [0.4, 0.5) is 23.0 Å². The predicted molar refractivity (Wildman–Crippen MR) is 108 cm³/mol. The number of carbonyl (C=O) groups excluding carboxylic acids is 1. The van der Waals surface area contributed by atoms with Crippen molar-refractivity contribution in [3.05, 3.63) is 103 Å². The standard InChI is InChI=1S/C22H18N4O/c27-22(17-10-4-1-5-11-17)26-21(24-19-14-8-3-9-15-19)16-20(25-26)23-18-12-6-2-7-13-18/h1-16,24H,(H,23,25). The van der Waals surface area contributed by atoms with E-state index in [-0.39, 0.29) is 5.91 Å². The van der Waals surface area contributed by atoms with E-state index in [0.29, 0.717) is 17.2 Å². The summed E-state index contributed by atoms with van der Waals surface area (Å²) in [4.78, 5) is 13.0. The van der Waals surface area contributed by atoms with Crippen LogP contribution in [-0.4, -0.2) is 15.7 Å². The molecule has 0 spiro atoms. The maximum absolute atomic E-state index is 13.0. The quantitative estimate of drug-likeness (QED) is 0.526. The van der Waals surface area contributed by atoms with Crippen molar-refractivity contribution in [3.8, 4) is 0 Å². The normalized spacial score (nSPS) is 10.4. The van der Waals surface area contributed by atoms with Gasteiger partial charge in [0, 0.05) is 23.0 Å². The smallest absolute Gasteiger partial charge is 0.280 e. The summed E-state index contributed by atoms with van der Waals surface area (Å²) < 4.78 is 1.38. The average Bonchev–Trinajstić information content (AvgIpc) is 3.11. The third-order valence-electron chi connectivity index (χ3n) is 4.01. The molecule has 0 bridgehead atoms. The molecule has 3 aromatic carbocycles. The van der Waals surface area contributed by atoms with E-state index in [1.807, 2.05) is 84.9 Å². The first-order chi connectivity index (χ1) is 13.3. The van der Waals surface area contributed by atoms with Crippen LogP contribution in [-0.2, 0) is 0 Å². The van der Waals surface area contributed by atoms with Crippen LogP contribution in [0.1, 0.15) is 10.4 Å². The molecule has 4 rings (SSSR count). The van der Waals surface area contributed by atoms with Gasteiger partial charge in [-0.05, 0) is 36.4 Å². The van der Waals surface area contributed by atoms with Crippen molar-refractivity contribution in [1.29, 1.82) is 0 Å². The fourth-order valence-corrected chi connectivity index (χ4v) is 2.73. The number of para-hydroxylation sites is 2. The van der Waals surface area contributed by atoms with Gasteiger partial charge in [-0.25, -0.2) is 0 Å². The Kier molecular flexibility index (Phi) is 4.66. The third-order valence-corrected chi connectivity index (χ3v) is 4.01. The Morgan fingerprint density at radius 3 is 1.81 bits per heavy atom. The van der Waals surface area contributed by atoms with Crippen molar-refractivity contribution in [2.24, 2.45) is 0 Å². The van der Waals surface area contributed by atoms with Crippen molar-refractivity contribution in [1.82, 2.24) is 9.78 Å². The van der Waals surface area contributed by atoms with E-state index in [0.717, 1.165) is 11.4 Å². The molecule has 1 heterocycles. The number of nitrogens with zero attached hydrogens (tertiary/aromatic N) is 2. The van der Waals surface area contributed by atoms with Crippen molar-refractivity contribution >= 4 is 28.9 Å². The van der Waals surface area contributed by atoms with E-state index in [1.165, 1.54) is 4.68 Å². The molecule has 0 saturated heterocycles. The van der Waals surface area contributed by atoms with Crippen LogP contribution < -0.4 is 10.6 Å². The summed E-state index contributed by atoms with van der Waals surface area (Å²) in [5, 5.41) is 11.0. The van der Waals surface area contributed by atoms with Gasteiger partial charge >= 0.3 is 0 Å². The maximum Gasteiger partial charge on any atom is 0.280 e. The largest absolute Gasteiger partial charge is 0.340 e. The van der Waals surface area contributed by atoms with Gasteiger partial charge < -0.3 is 10.6 Å². The zero-order chi connectivity index (χ0) is 18.5. The lowest BCUT2D eigenvalue weighted by Gasteiger charge is -2.08. The molecule has 2 N–H and O–H groups in total. The van der Waals surface area contributed by atoms with E-state index in [9.17, 15) is 4.79 Å². The van der Waals surface area contributed by atoms with Gasteiger partial charge in [-0.3, -0.25) is 4.79 Å². The highest BCUT2D eigenvalue weighted by molar-refractivity contribution is 5.97. The lowest BCUT2D eigenvalue weighted by atomic mass is 10.2. The minimum Gasteiger partial charge on any atom is -0.340 e. The molecule has 0 aliphatic heterocycles. The molecule has 0 amide bonds. The molecule has 27 heavy (non-hydrogen) atoms. The highest BCUT2D eigenvalue weighted by Crippen LogP contribution is 2.23. The van der Waals surface area contributed by atoms with Crippen LogP contribution in [0.25, 0.3) is 0 Å². The fraction of sp³-hybridized carbons (Fsp3) is 0. The molecule has 132 valence electrons. The predicted octanol–water partition coefficient (Wildman–Crippen LogP) is 5.06. The number of carbonyl (C=O) groups is 1. The van der Waals surface area contributed by atoms with E-state index in [4.69, 9.17) is 0 Å². The SMILES string of the molecule is O=C(c1ccccc1)n1nc(Nc2ccccc2)cc1Nc1ccccc1. The zero-order valence-corrected chi connectivity index (χ0v) is 14.5. The molecule has 5 nitrogen and oxygen atoms in total. The number of anilines is 4. The third kappa shape index (κ3) is 3.88. The Balaban J connectivity index is 1.69. The monoisotopic (exact) mass is 354 g/mol. The summed E-state index contributed by atoms with van der Waals surface area (Å²) in [7, 11) is 0. The number of hydrogen-bond donors (Lipinski definition) is 2. The van der Waals surface area contributed by atoms with Gasteiger partial charge in [-0.2, -0.15) is 4.68 Å². The minimum atomic E-state index is -0.199. The molecule has 0 aliphatic carbocycles. The molecule has 0 atom stereocenters. The average molecular weight is 354 g/mol. The molecule has 0 radical (unpaired) electrons. The number of hydrogen-bond acceptors (Lipinski definition) is 4. The molecule has 0 fully saturated rings. The molecular formula is C22H18N4O. The van der Waals surface area contributed by atoms with Gasteiger partial charge in [0.05, 0.1) is 0 Å². The van der Waals surface area contributed by atoms with Crippen LogP contribution >= 0.6 is 0 Å². The number of aromatic nitrogens is 2. The Hall–Kier alpha value is -3.86. The topological polar surface area (TPSA) is 59.0 Å². The van der Waals surface area contributed by atoms with E-state index in [1.54, 1.807) is 12.1 Å². The summed E-state index contributed by atoms with van der Waals surface area (Å²) in [6.45, 7) is 0. The van der Waals surface area contributed by atoms with Crippen molar-refractivity contribution < 1.29 is 4.79 Å². The molecule has 0 saturated carbocycles. The summed E-state index contributed by atoms with van der Waals surface area (Å²) in [6, 6.07) is 30.4. The van der Waals surface area contributed by atoms with Crippen LogP contribution in [0.2, 0.25) is 0 Å². The van der Waals surface area contributed by atoms with Gasteiger partial charge in [-0.1, -0.05) is 54.6 Å². The minimum absolute atomic E-state index is 0.199. The summed E-state index contributed by atoms with van der Waals surface area (Å²) in [5.74, 6) is 0.979. The lowest BCUT2D eigenvalue weighted by Crippen LogP contribution is -2.16. The molecule has 0 aliphatic rings. The van der Waals surface area contributed by atoms with Crippen LogP contribution in [0.5, 0.6) is 0 Å². The first-order valence-corrected chi connectivity index (χ1v) is 8.63. The van der Waals surface area contributed by atoms with Crippen LogP contribution in [0.3, 0.4) is 0 Å². The van der Waals surface area contributed by atoms with E-state index in [2.05, 4.69) is 15.7 Å². The summed E-state index contributed by atoms with van der Waals surface area (Å²) in [6.07, 6.45) is 0. The highest BCUT2D eigenvalue weighted by Gasteiger charge is 2.16. The van der Waals surface area contributed by atoms with Gasteiger partial charge in [-0.15, -0.1) is 5.10 Å². The summed E-state index contributed by atoms with van der Waals surface area (Å²) in [5.41, 5.74) is 2.36. The van der Waals surface area contributed by atoms with Crippen LogP contribution in [0.15, 0.2) is 97.1 Å². The highest BCUT2D eigenvalue weighted by atomic mass is 16.2. The van der Waals surface area contributed by atoms with Crippen molar-refractivity contribution in [3.63, 3.8) is 0 Å². The molecular weight excluding hydrogens is 336 g/mol. The molecule has 1 aromatic heterocycles. The number of nitrogens with one attached hydrogen (secondary N) is 2. The van der Waals surface area contributed by atoms with Crippen molar-refractivity contribution in [2.45, 2.75) is 0 Å². The molecule has 0 unspecified atom stereocenters. The summed E-state index contributed by atoms with van der Waals surface area (Å²) >= 11 is 0. The number of benzene rings is 3. The van der Waals surface area contributed by atoms with Gasteiger partial charge in [0.25, 0.3) is 5.91 Å². The second-order valence-corrected chi connectivity index (χ2v) is 5.98. The second kappa shape index (κ2) is 7.58. The fourth-order valence-electron chi connectivity index (χ4n) is 2.73. The lowest BCUT2D eigenvalue weighted by molar-refractivity contribution is 0.0948. The van der Waals surface area contributed by atoms with Crippen LogP contribution in [0, 0.1) is 0 Å². The second-order valence-electron chi connectivity index (χ2n) is 5.98.